The lowest BCUT2D eigenvalue weighted by Crippen LogP contribution is -2.33. The van der Waals surface area contributed by atoms with Crippen molar-refractivity contribution in [1.82, 2.24) is 4.98 Å². The Morgan fingerprint density at radius 1 is 0.964 bits per heavy atom. The van der Waals surface area contributed by atoms with Gasteiger partial charge in [-0.05, 0) is 54.7 Å². The molecule has 0 fully saturated rings. The molecule has 1 aromatic carbocycles. The van der Waals surface area contributed by atoms with E-state index in [0.29, 0.717) is 11.3 Å². The summed E-state index contributed by atoms with van der Waals surface area (Å²) in [6, 6.07) is 9.04. The molecule has 28 heavy (non-hydrogen) atoms. The Morgan fingerprint density at radius 3 is 2.29 bits per heavy atom. The third-order valence-corrected chi connectivity index (χ3v) is 4.09. The monoisotopic (exact) mass is 393 g/mol. The maximum atomic E-state index is 12.9. The first-order valence-corrected chi connectivity index (χ1v) is 9.32. The number of unbranched alkanes of at least 4 members (excludes halogenated alkanes) is 4. The zero-order chi connectivity index (χ0) is 20.4. The van der Waals surface area contributed by atoms with E-state index in [2.05, 4.69) is 28.5 Å². The molecule has 0 radical (unpaired) electrons. The van der Waals surface area contributed by atoms with Crippen LogP contribution in [-0.4, -0.2) is 17.5 Å². The summed E-state index contributed by atoms with van der Waals surface area (Å²) >= 11 is 0. The minimum Gasteiger partial charge on any atom is -0.428 e. The second-order valence-corrected chi connectivity index (χ2v) is 6.45. The first-order chi connectivity index (χ1) is 13.4. The van der Waals surface area contributed by atoms with Crippen LogP contribution in [0, 0.1) is 11.8 Å². The van der Waals surface area contributed by atoms with Crippen molar-refractivity contribution in [2.75, 3.05) is 0 Å². The van der Waals surface area contributed by atoms with Crippen LogP contribution in [-0.2, 0) is 6.42 Å². The summed E-state index contributed by atoms with van der Waals surface area (Å²) in [6.45, 7) is 2.19. The molecular weight excluding hydrogens is 370 g/mol. The standard InChI is InChI=1S/C22H23F4NO/c1-2-3-4-5-6-7-18-9-13-19(27-16-18)12-8-17-10-14-20(15-11-17)28-22(25,26)21(23)24/h9-11,13-16,21H,2-7H2,1H3. The summed E-state index contributed by atoms with van der Waals surface area (Å²) in [7, 11) is 0. The van der Waals surface area contributed by atoms with Gasteiger partial charge < -0.3 is 4.74 Å². The molecule has 2 nitrogen and oxygen atoms in total. The molecule has 0 atom stereocenters. The number of halogens is 4. The van der Waals surface area contributed by atoms with Crippen molar-refractivity contribution >= 4 is 0 Å². The number of rotatable bonds is 9. The van der Waals surface area contributed by atoms with Gasteiger partial charge in [0.1, 0.15) is 11.4 Å². The van der Waals surface area contributed by atoms with Gasteiger partial charge in [0.25, 0.3) is 0 Å². The van der Waals surface area contributed by atoms with E-state index >= 15 is 0 Å². The van der Waals surface area contributed by atoms with Crippen molar-refractivity contribution in [2.24, 2.45) is 0 Å². The van der Waals surface area contributed by atoms with E-state index in [4.69, 9.17) is 0 Å². The number of hydrogen-bond donors (Lipinski definition) is 0. The average molecular weight is 393 g/mol. The van der Waals surface area contributed by atoms with Crippen molar-refractivity contribution in [3.63, 3.8) is 0 Å². The highest BCUT2D eigenvalue weighted by Gasteiger charge is 2.43. The van der Waals surface area contributed by atoms with Crippen molar-refractivity contribution in [3.8, 4) is 17.6 Å². The van der Waals surface area contributed by atoms with Crippen molar-refractivity contribution in [1.29, 1.82) is 0 Å². The molecule has 0 unspecified atom stereocenters. The van der Waals surface area contributed by atoms with Crippen LogP contribution >= 0.6 is 0 Å². The summed E-state index contributed by atoms with van der Waals surface area (Å²) in [4.78, 5) is 4.31. The van der Waals surface area contributed by atoms with Crippen LogP contribution in [0.2, 0.25) is 0 Å². The van der Waals surface area contributed by atoms with Crippen molar-refractivity contribution < 1.29 is 22.3 Å². The van der Waals surface area contributed by atoms with Gasteiger partial charge in [-0.15, -0.1) is 0 Å². The Balaban J connectivity index is 1.89. The van der Waals surface area contributed by atoms with Crippen LogP contribution < -0.4 is 4.74 Å². The van der Waals surface area contributed by atoms with E-state index in [1.165, 1.54) is 55.5 Å². The van der Waals surface area contributed by atoms with Gasteiger partial charge in [-0.3, -0.25) is 0 Å². The molecule has 0 saturated carbocycles. The van der Waals surface area contributed by atoms with E-state index in [-0.39, 0.29) is 5.75 Å². The lowest BCUT2D eigenvalue weighted by molar-refractivity contribution is -0.253. The molecule has 0 aliphatic carbocycles. The van der Waals surface area contributed by atoms with Crippen LogP contribution in [0.15, 0.2) is 42.6 Å². The van der Waals surface area contributed by atoms with Gasteiger partial charge in [0.2, 0.25) is 0 Å². The molecule has 0 aliphatic rings. The summed E-state index contributed by atoms with van der Waals surface area (Å²) in [5.41, 5.74) is 2.30. The molecule has 150 valence electrons. The van der Waals surface area contributed by atoms with Crippen LogP contribution in [0.1, 0.15) is 55.8 Å². The van der Waals surface area contributed by atoms with Gasteiger partial charge in [-0.1, -0.05) is 44.6 Å². The first-order valence-electron chi connectivity index (χ1n) is 9.32. The third kappa shape index (κ3) is 7.22. The molecule has 6 heteroatoms. The van der Waals surface area contributed by atoms with E-state index in [1.807, 2.05) is 18.3 Å². The number of alkyl halides is 4. The Hall–Kier alpha value is -2.55. The minimum atomic E-state index is -4.52. The number of ether oxygens (including phenoxy) is 1. The Labute approximate surface area is 162 Å². The summed E-state index contributed by atoms with van der Waals surface area (Å²) in [5.74, 6) is 5.39. The highest BCUT2D eigenvalue weighted by Crippen LogP contribution is 2.27. The molecule has 1 aromatic heterocycles. The van der Waals surface area contributed by atoms with E-state index in [9.17, 15) is 17.6 Å². The smallest absolute Gasteiger partial charge is 0.428 e. The molecule has 2 rings (SSSR count). The van der Waals surface area contributed by atoms with Crippen molar-refractivity contribution in [3.05, 3.63) is 59.4 Å². The molecule has 1 heterocycles. The fraction of sp³-hybridized carbons (Fsp3) is 0.409. The number of benzene rings is 1. The maximum Gasteiger partial charge on any atom is 0.461 e. The Morgan fingerprint density at radius 2 is 1.68 bits per heavy atom. The predicted molar refractivity (Wildman–Crippen MR) is 101 cm³/mol. The number of aromatic nitrogens is 1. The molecule has 2 aromatic rings. The molecular formula is C22H23F4NO. The Bertz CT molecular complexity index is 777. The molecule has 0 aliphatic heterocycles. The molecule has 0 saturated heterocycles. The van der Waals surface area contributed by atoms with Gasteiger partial charge in [0, 0.05) is 11.8 Å². The summed E-state index contributed by atoms with van der Waals surface area (Å²) in [5, 5.41) is 0. The van der Waals surface area contributed by atoms with Gasteiger partial charge in [-0.25, -0.2) is 4.98 Å². The van der Waals surface area contributed by atoms with Crippen LogP contribution in [0.4, 0.5) is 17.6 Å². The Kier molecular flexibility index (Phi) is 8.31. The normalized spacial score (nSPS) is 11.2. The number of hydrogen-bond acceptors (Lipinski definition) is 2. The second kappa shape index (κ2) is 10.7. The van der Waals surface area contributed by atoms with Crippen LogP contribution in [0.5, 0.6) is 5.75 Å². The lowest BCUT2D eigenvalue weighted by Gasteiger charge is -2.16. The average Bonchev–Trinajstić information content (AvgIpc) is 2.68. The fourth-order valence-electron chi connectivity index (χ4n) is 2.52. The second-order valence-electron chi connectivity index (χ2n) is 6.45. The maximum absolute atomic E-state index is 12.9. The first kappa shape index (κ1) is 21.7. The predicted octanol–water partition coefficient (Wildman–Crippen LogP) is 6.23. The molecule has 0 spiro atoms. The summed E-state index contributed by atoms with van der Waals surface area (Å²) in [6.07, 6.45) is 0.525. The third-order valence-electron chi connectivity index (χ3n) is 4.09. The van der Waals surface area contributed by atoms with Gasteiger partial charge in [-0.2, -0.15) is 17.6 Å². The molecule has 0 bridgehead atoms. The zero-order valence-electron chi connectivity index (χ0n) is 15.7. The van der Waals surface area contributed by atoms with Crippen LogP contribution in [0.3, 0.4) is 0 Å². The van der Waals surface area contributed by atoms with E-state index in [0.717, 1.165) is 12.8 Å². The highest BCUT2D eigenvalue weighted by atomic mass is 19.3. The van der Waals surface area contributed by atoms with Gasteiger partial charge >= 0.3 is 12.5 Å². The number of pyridine rings is 1. The minimum absolute atomic E-state index is 0.350. The molecule has 0 N–H and O–H groups in total. The number of nitrogens with zero attached hydrogens (tertiary/aromatic N) is 1. The zero-order valence-corrected chi connectivity index (χ0v) is 15.7. The summed E-state index contributed by atoms with van der Waals surface area (Å²) < 4.78 is 54.0. The fourth-order valence-corrected chi connectivity index (χ4v) is 2.52. The van der Waals surface area contributed by atoms with Crippen molar-refractivity contribution in [2.45, 2.75) is 58.0 Å². The van der Waals surface area contributed by atoms with E-state index < -0.39 is 12.5 Å². The lowest BCUT2D eigenvalue weighted by atomic mass is 10.1. The molecule has 0 amide bonds. The quantitative estimate of drug-likeness (QED) is 0.286. The largest absolute Gasteiger partial charge is 0.461 e. The van der Waals surface area contributed by atoms with Gasteiger partial charge in [0.05, 0.1) is 0 Å². The van der Waals surface area contributed by atoms with Crippen LogP contribution in [0.25, 0.3) is 0 Å². The highest BCUT2D eigenvalue weighted by molar-refractivity contribution is 5.42. The van der Waals surface area contributed by atoms with E-state index in [1.54, 1.807) is 0 Å². The number of aryl methyl sites for hydroxylation is 1. The topological polar surface area (TPSA) is 22.1 Å². The SMILES string of the molecule is CCCCCCCc1ccc(C#Cc2ccc(OC(F)(F)C(F)F)cc2)nc1. The van der Waals surface area contributed by atoms with Gasteiger partial charge in [0.15, 0.2) is 0 Å².